The van der Waals surface area contributed by atoms with Crippen LogP contribution in [0.25, 0.3) is 0 Å². The number of anilines is 1. The number of benzene rings is 1. The molecule has 0 aliphatic heterocycles. The number of nitrogen functional groups attached to an aromatic ring is 1. The van der Waals surface area contributed by atoms with Crippen LogP contribution < -0.4 is 15.2 Å². The van der Waals surface area contributed by atoms with E-state index in [1.54, 1.807) is 6.92 Å². The van der Waals surface area contributed by atoms with Crippen molar-refractivity contribution in [3.8, 4) is 0 Å². The van der Waals surface area contributed by atoms with Crippen LogP contribution in [0.2, 0.25) is 5.02 Å². The van der Waals surface area contributed by atoms with Gasteiger partial charge in [-0.3, -0.25) is 0 Å². The molecule has 7 nitrogen and oxygen atoms in total. The van der Waals surface area contributed by atoms with E-state index >= 15 is 0 Å². The van der Waals surface area contributed by atoms with Crippen molar-refractivity contribution in [1.82, 2.24) is 9.44 Å². The summed E-state index contributed by atoms with van der Waals surface area (Å²) in [5, 5.41) is -0.435. The molecule has 1 aromatic rings. The van der Waals surface area contributed by atoms with Crippen molar-refractivity contribution < 1.29 is 21.2 Å². The van der Waals surface area contributed by atoms with E-state index in [-0.39, 0.29) is 12.2 Å². The summed E-state index contributed by atoms with van der Waals surface area (Å²) >= 11 is 5.52. The summed E-state index contributed by atoms with van der Waals surface area (Å²) in [6, 6.07) is 1.98. The van der Waals surface area contributed by atoms with E-state index in [0.29, 0.717) is 0 Å². The van der Waals surface area contributed by atoms with E-state index in [9.17, 15) is 21.2 Å². The van der Waals surface area contributed by atoms with Crippen LogP contribution >= 0.6 is 11.6 Å². The molecule has 0 fully saturated rings. The summed E-state index contributed by atoms with van der Waals surface area (Å²) in [4.78, 5) is -0.728. The van der Waals surface area contributed by atoms with Gasteiger partial charge in [0.1, 0.15) is 4.90 Å². The smallest absolute Gasteiger partial charge is 0.243 e. The number of nitrogens with two attached hydrogens (primary N) is 1. The molecule has 4 N–H and O–H groups in total. The molecule has 1 rings (SSSR count). The quantitative estimate of drug-likeness (QED) is 0.604. The summed E-state index contributed by atoms with van der Waals surface area (Å²) < 4.78 is 64.5. The highest BCUT2D eigenvalue weighted by atomic mass is 35.5. The average Bonchev–Trinajstić information content (AvgIpc) is 2.32. The molecule has 21 heavy (non-hydrogen) atoms. The van der Waals surface area contributed by atoms with Gasteiger partial charge in [0.05, 0.1) is 10.8 Å². The van der Waals surface area contributed by atoms with Gasteiger partial charge < -0.3 is 5.73 Å². The Kier molecular flexibility index (Phi) is 5.93. The monoisotopic (exact) mass is 359 g/mol. The molecule has 0 heterocycles. The van der Waals surface area contributed by atoms with Crippen molar-refractivity contribution >= 4 is 37.3 Å². The van der Waals surface area contributed by atoms with Gasteiger partial charge >= 0.3 is 0 Å². The molecule has 0 aliphatic carbocycles. The van der Waals surface area contributed by atoms with Crippen LogP contribution in [0.4, 0.5) is 10.1 Å². The highest BCUT2D eigenvalue weighted by molar-refractivity contribution is 7.90. The number of nitrogens with one attached hydrogen (secondary N) is 2. The molecular formula is C10H15ClFN3O4S2. The zero-order chi connectivity index (χ0) is 16.3. The lowest BCUT2D eigenvalue weighted by Gasteiger charge is -2.10. The standard InChI is InChI=1S/C10H15ClFN3O4S2/c1-2-14-20(16,17)4-3-15-21(18,19)9-6-7(13)5-8(11)10(9)12/h5-6,14-15H,2-4,13H2,1H3. The van der Waals surface area contributed by atoms with Crippen molar-refractivity contribution in [3.05, 3.63) is 23.0 Å². The summed E-state index contributed by atoms with van der Waals surface area (Å²) in [6.07, 6.45) is 0. The first kappa shape index (κ1) is 18.1. The van der Waals surface area contributed by atoms with E-state index in [1.165, 1.54) is 0 Å². The second-order valence-electron chi connectivity index (χ2n) is 4.03. The topological polar surface area (TPSA) is 118 Å². The van der Waals surface area contributed by atoms with E-state index in [4.69, 9.17) is 17.3 Å². The van der Waals surface area contributed by atoms with Gasteiger partial charge in [-0.25, -0.2) is 30.7 Å². The van der Waals surface area contributed by atoms with Gasteiger partial charge in [0, 0.05) is 18.8 Å². The van der Waals surface area contributed by atoms with Crippen molar-refractivity contribution in [2.24, 2.45) is 0 Å². The molecule has 0 amide bonds. The van der Waals surface area contributed by atoms with Crippen LogP contribution in [0.5, 0.6) is 0 Å². The second kappa shape index (κ2) is 6.88. The highest BCUT2D eigenvalue weighted by Crippen LogP contribution is 2.25. The van der Waals surface area contributed by atoms with Gasteiger partial charge in [0.15, 0.2) is 5.82 Å². The lowest BCUT2D eigenvalue weighted by Crippen LogP contribution is -2.34. The molecule has 0 atom stereocenters. The van der Waals surface area contributed by atoms with Crippen LogP contribution in [0.1, 0.15) is 6.92 Å². The SMILES string of the molecule is CCNS(=O)(=O)CCNS(=O)(=O)c1cc(N)cc(Cl)c1F. The maximum absolute atomic E-state index is 13.7. The van der Waals surface area contributed by atoms with Crippen molar-refractivity contribution in [1.29, 1.82) is 0 Å². The number of halogens is 2. The Morgan fingerprint density at radius 2 is 1.86 bits per heavy atom. The van der Waals surface area contributed by atoms with Crippen molar-refractivity contribution in [3.63, 3.8) is 0 Å². The zero-order valence-corrected chi connectivity index (χ0v) is 13.4. The van der Waals surface area contributed by atoms with Gasteiger partial charge in [0.2, 0.25) is 20.0 Å². The van der Waals surface area contributed by atoms with Crippen LogP contribution in [-0.4, -0.2) is 35.7 Å². The van der Waals surface area contributed by atoms with Gasteiger partial charge in [-0.05, 0) is 12.1 Å². The predicted molar refractivity (Wildman–Crippen MR) is 78.5 cm³/mol. The third-order valence-electron chi connectivity index (χ3n) is 2.33. The fraction of sp³-hybridized carbons (Fsp3) is 0.400. The van der Waals surface area contributed by atoms with Crippen LogP contribution in [-0.2, 0) is 20.0 Å². The minimum Gasteiger partial charge on any atom is -0.399 e. The van der Waals surface area contributed by atoms with E-state index in [1.807, 2.05) is 4.72 Å². The summed E-state index contributed by atoms with van der Waals surface area (Å²) in [5.74, 6) is -1.62. The highest BCUT2D eigenvalue weighted by Gasteiger charge is 2.22. The summed E-state index contributed by atoms with van der Waals surface area (Å²) in [7, 11) is -7.84. The molecule has 0 bridgehead atoms. The largest absolute Gasteiger partial charge is 0.399 e. The fourth-order valence-corrected chi connectivity index (χ4v) is 3.99. The molecule has 120 valence electrons. The summed E-state index contributed by atoms with van der Waals surface area (Å²) in [6.45, 7) is 1.36. The van der Waals surface area contributed by atoms with Crippen LogP contribution in [0, 0.1) is 5.82 Å². The van der Waals surface area contributed by atoms with E-state index in [2.05, 4.69) is 4.72 Å². The average molecular weight is 360 g/mol. The number of sulfonamides is 2. The molecule has 0 aliphatic rings. The normalized spacial score (nSPS) is 12.5. The molecule has 0 unspecified atom stereocenters. The lowest BCUT2D eigenvalue weighted by atomic mass is 10.3. The molecule has 0 aromatic heterocycles. The Labute approximate surface area is 127 Å². The zero-order valence-electron chi connectivity index (χ0n) is 11.1. The second-order valence-corrected chi connectivity index (χ2v) is 8.10. The minimum atomic E-state index is -4.25. The predicted octanol–water partition coefficient (Wildman–Crippen LogP) is 0.279. The molecule has 0 saturated carbocycles. The van der Waals surface area contributed by atoms with Crippen LogP contribution in [0.3, 0.4) is 0 Å². The Morgan fingerprint density at radius 1 is 1.24 bits per heavy atom. The summed E-state index contributed by atoms with van der Waals surface area (Å²) in [5.41, 5.74) is 5.39. The maximum Gasteiger partial charge on any atom is 0.243 e. The maximum atomic E-state index is 13.7. The molecule has 1 aromatic carbocycles. The van der Waals surface area contributed by atoms with Gasteiger partial charge in [-0.2, -0.15) is 0 Å². The third-order valence-corrected chi connectivity index (χ3v) is 5.54. The van der Waals surface area contributed by atoms with Gasteiger partial charge in [0.25, 0.3) is 0 Å². The van der Waals surface area contributed by atoms with Crippen molar-refractivity contribution in [2.75, 3.05) is 24.6 Å². The number of hydrogen-bond donors (Lipinski definition) is 3. The Bertz CT molecular complexity index is 722. The molecule has 0 saturated heterocycles. The molecule has 0 radical (unpaired) electrons. The molecular weight excluding hydrogens is 345 g/mol. The minimum absolute atomic E-state index is 0.0259. The Morgan fingerprint density at radius 3 is 2.43 bits per heavy atom. The fourth-order valence-electron chi connectivity index (χ4n) is 1.46. The lowest BCUT2D eigenvalue weighted by molar-refractivity contribution is 0.558. The first-order valence-electron chi connectivity index (χ1n) is 5.80. The molecule has 0 spiro atoms. The van der Waals surface area contributed by atoms with Crippen LogP contribution in [0.15, 0.2) is 17.0 Å². The van der Waals surface area contributed by atoms with E-state index < -0.39 is 48.1 Å². The van der Waals surface area contributed by atoms with Gasteiger partial charge in [-0.15, -0.1) is 0 Å². The van der Waals surface area contributed by atoms with Crippen molar-refractivity contribution in [2.45, 2.75) is 11.8 Å². The van der Waals surface area contributed by atoms with Gasteiger partial charge in [-0.1, -0.05) is 18.5 Å². The molecule has 11 heteroatoms. The number of hydrogen-bond acceptors (Lipinski definition) is 5. The third kappa shape index (κ3) is 5.08. The number of rotatable bonds is 7. The Hall–Kier alpha value is -0.940. The Balaban J connectivity index is 2.89. The first-order valence-corrected chi connectivity index (χ1v) is 9.32. The van der Waals surface area contributed by atoms with E-state index in [0.717, 1.165) is 12.1 Å². The first-order chi connectivity index (χ1) is 9.59.